The molecule has 58 valence electrons. The zero-order chi connectivity index (χ0) is 6.81. The van der Waals surface area contributed by atoms with Crippen LogP contribution in [0.4, 0.5) is 0 Å². The van der Waals surface area contributed by atoms with E-state index in [0.717, 1.165) is 0 Å². The van der Waals surface area contributed by atoms with E-state index in [0.29, 0.717) is 6.29 Å². The van der Waals surface area contributed by atoms with Crippen LogP contribution in [-0.2, 0) is 0 Å². The Hall–Kier alpha value is -0.120. The van der Waals surface area contributed by atoms with Crippen LogP contribution >= 0.6 is 0 Å². The summed E-state index contributed by atoms with van der Waals surface area (Å²) in [5, 5.41) is 5.90. The summed E-state index contributed by atoms with van der Waals surface area (Å²) in [7, 11) is 0. The van der Waals surface area contributed by atoms with Gasteiger partial charge in [-0.05, 0) is 6.42 Å². The number of hydrogen-bond acceptors (Lipinski definition) is 2. The molecule has 2 aliphatic rings. The molecule has 10 heavy (non-hydrogen) atoms. The average molecular weight is 142 g/mol. The number of nitrogens with zero attached hydrogens (tertiary/aromatic N) is 1. The predicted octanol–water partition coefficient (Wildman–Crippen LogP) is -1.47. The molecule has 0 spiro atoms. The fourth-order valence-corrected chi connectivity index (χ4v) is 1.85. The number of nitrogens with one attached hydrogen (secondary N) is 1. The van der Waals surface area contributed by atoms with Gasteiger partial charge in [-0.15, -0.1) is 0 Å². The van der Waals surface area contributed by atoms with Crippen LogP contribution in [0.3, 0.4) is 0 Å². The fourth-order valence-electron chi connectivity index (χ4n) is 1.85. The van der Waals surface area contributed by atoms with Gasteiger partial charge in [0.15, 0.2) is 6.29 Å². The summed E-state index contributed by atoms with van der Waals surface area (Å²) in [5.74, 6) is 0. The van der Waals surface area contributed by atoms with Crippen LogP contribution in [0.5, 0.6) is 0 Å². The summed E-state index contributed by atoms with van der Waals surface area (Å²) >= 11 is 0. The van der Waals surface area contributed by atoms with Gasteiger partial charge in [-0.2, -0.15) is 0 Å². The standard InChI is InChI=1S/C7H15N3/c1-3-8-7-9-4-2-6-10(7)5-1/h7-9H,1-6H2/p+1. The minimum absolute atomic E-state index is 0.613. The molecule has 3 heteroatoms. The average Bonchev–Trinajstić information content (AvgIpc) is 2.05. The van der Waals surface area contributed by atoms with Crippen molar-refractivity contribution in [2.45, 2.75) is 19.1 Å². The molecule has 1 atom stereocenters. The lowest BCUT2D eigenvalue weighted by atomic mass is 10.2. The molecule has 0 saturated carbocycles. The number of hydrogen-bond donors (Lipinski definition) is 2. The van der Waals surface area contributed by atoms with Gasteiger partial charge in [-0.3, -0.25) is 5.32 Å². The Bertz CT molecular complexity index is 89.4. The first-order chi connectivity index (χ1) is 4.97. The van der Waals surface area contributed by atoms with Gasteiger partial charge in [0, 0.05) is 26.1 Å². The van der Waals surface area contributed by atoms with Crippen molar-refractivity contribution >= 4 is 0 Å². The van der Waals surface area contributed by atoms with Crippen LogP contribution in [-0.4, -0.2) is 37.4 Å². The van der Waals surface area contributed by atoms with Gasteiger partial charge < -0.3 is 5.32 Å². The van der Waals surface area contributed by atoms with Crippen LogP contribution in [0.1, 0.15) is 12.8 Å². The van der Waals surface area contributed by atoms with Gasteiger partial charge in [0.2, 0.25) is 0 Å². The molecule has 2 heterocycles. The Balaban J connectivity index is 1.93. The van der Waals surface area contributed by atoms with Crippen molar-refractivity contribution in [1.82, 2.24) is 10.2 Å². The molecular formula is C7H16N3+. The van der Waals surface area contributed by atoms with Crippen molar-refractivity contribution in [1.29, 1.82) is 0 Å². The normalized spacial score (nSPS) is 35.4. The molecule has 3 nitrogen and oxygen atoms in total. The summed E-state index contributed by atoms with van der Waals surface area (Å²) in [6, 6.07) is 0. The molecule has 2 fully saturated rings. The molecule has 0 radical (unpaired) electrons. The summed E-state index contributed by atoms with van der Waals surface area (Å²) in [4.78, 5) is 2.53. The molecule has 1 unspecified atom stereocenters. The highest BCUT2D eigenvalue weighted by Gasteiger charge is 2.26. The first-order valence-electron chi connectivity index (χ1n) is 4.27. The van der Waals surface area contributed by atoms with Crippen molar-refractivity contribution in [3.05, 3.63) is 0 Å². The zero-order valence-electron chi connectivity index (χ0n) is 6.34. The largest absolute Gasteiger partial charge is 0.318 e. The topological polar surface area (TPSA) is 31.9 Å². The molecule has 2 aliphatic heterocycles. The van der Waals surface area contributed by atoms with Crippen molar-refractivity contribution in [2.24, 2.45) is 0 Å². The van der Waals surface area contributed by atoms with Gasteiger partial charge in [-0.25, -0.2) is 4.90 Å². The summed E-state index contributed by atoms with van der Waals surface area (Å²) in [5.41, 5.74) is 0. The highest BCUT2D eigenvalue weighted by atomic mass is 15.4. The van der Waals surface area contributed by atoms with E-state index in [1.165, 1.54) is 39.0 Å². The van der Waals surface area contributed by atoms with Gasteiger partial charge >= 0.3 is 0 Å². The Labute approximate surface area is 61.8 Å². The highest BCUT2D eigenvalue weighted by molar-refractivity contribution is 4.68. The number of quaternary nitrogens is 1. The minimum atomic E-state index is 0.613. The van der Waals surface area contributed by atoms with Gasteiger partial charge in [0.05, 0.1) is 6.54 Å². The van der Waals surface area contributed by atoms with Crippen molar-refractivity contribution < 1.29 is 5.32 Å². The fraction of sp³-hybridized carbons (Fsp3) is 1.00. The van der Waals surface area contributed by atoms with E-state index in [4.69, 9.17) is 0 Å². The monoisotopic (exact) mass is 142 g/mol. The zero-order valence-corrected chi connectivity index (χ0v) is 6.34. The predicted molar refractivity (Wildman–Crippen MR) is 39.4 cm³/mol. The van der Waals surface area contributed by atoms with E-state index in [-0.39, 0.29) is 0 Å². The van der Waals surface area contributed by atoms with Crippen molar-refractivity contribution in [3.8, 4) is 0 Å². The second kappa shape index (κ2) is 2.86. The highest BCUT2D eigenvalue weighted by Crippen LogP contribution is 2.01. The van der Waals surface area contributed by atoms with E-state index in [1.807, 2.05) is 0 Å². The summed E-state index contributed by atoms with van der Waals surface area (Å²) in [6.07, 6.45) is 3.30. The Morgan fingerprint density at radius 1 is 1.30 bits per heavy atom. The molecule has 2 saturated heterocycles. The molecule has 2 rings (SSSR count). The molecule has 0 aromatic carbocycles. The van der Waals surface area contributed by atoms with Crippen molar-refractivity contribution in [2.75, 3.05) is 26.2 Å². The number of nitrogens with two attached hydrogens (primary N) is 1. The first kappa shape index (κ1) is 6.58. The van der Waals surface area contributed by atoms with E-state index < -0.39 is 0 Å². The van der Waals surface area contributed by atoms with E-state index in [1.54, 1.807) is 0 Å². The Morgan fingerprint density at radius 3 is 3.10 bits per heavy atom. The van der Waals surface area contributed by atoms with Crippen LogP contribution in [0.2, 0.25) is 0 Å². The second-order valence-electron chi connectivity index (χ2n) is 3.17. The second-order valence-corrected chi connectivity index (χ2v) is 3.17. The number of rotatable bonds is 0. The third-order valence-corrected chi connectivity index (χ3v) is 2.41. The molecule has 0 aromatic rings. The van der Waals surface area contributed by atoms with Crippen LogP contribution in [0.15, 0.2) is 0 Å². The first-order valence-corrected chi connectivity index (χ1v) is 4.27. The van der Waals surface area contributed by atoms with Crippen LogP contribution < -0.4 is 10.6 Å². The van der Waals surface area contributed by atoms with E-state index in [9.17, 15) is 0 Å². The maximum Gasteiger partial charge on any atom is 0.199 e. The molecule has 0 bridgehead atoms. The summed E-state index contributed by atoms with van der Waals surface area (Å²) in [6.45, 7) is 5.11. The van der Waals surface area contributed by atoms with Gasteiger partial charge in [-0.1, -0.05) is 0 Å². The quantitative estimate of drug-likeness (QED) is 0.433. The molecular weight excluding hydrogens is 126 g/mol. The molecule has 0 aromatic heterocycles. The molecule has 0 aliphatic carbocycles. The minimum Gasteiger partial charge on any atom is -0.318 e. The van der Waals surface area contributed by atoms with Gasteiger partial charge in [0.1, 0.15) is 0 Å². The Morgan fingerprint density at radius 2 is 2.20 bits per heavy atom. The van der Waals surface area contributed by atoms with Crippen molar-refractivity contribution in [3.63, 3.8) is 0 Å². The third kappa shape index (κ3) is 1.17. The lowest BCUT2D eigenvalue weighted by Gasteiger charge is -2.37. The maximum absolute atomic E-state index is 3.49. The van der Waals surface area contributed by atoms with Gasteiger partial charge in [0.25, 0.3) is 0 Å². The number of fused-ring (bicyclic) bond motifs is 1. The van der Waals surface area contributed by atoms with E-state index in [2.05, 4.69) is 15.5 Å². The SMILES string of the molecule is C1CNC2[NH2+]CCCN2C1. The molecule has 0 amide bonds. The maximum atomic E-state index is 3.49. The van der Waals surface area contributed by atoms with E-state index >= 15 is 0 Å². The third-order valence-electron chi connectivity index (χ3n) is 2.41. The van der Waals surface area contributed by atoms with Crippen LogP contribution in [0.25, 0.3) is 0 Å². The lowest BCUT2D eigenvalue weighted by molar-refractivity contribution is -0.725. The Kier molecular flexibility index (Phi) is 1.88. The smallest absolute Gasteiger partial charge is 0.199 e. The van der Waals surface area contributed by atoms with Crippen LogP contribution in [0, 0.1) is 0 Å². The molecule has 3 N–H and O–H groups in total. The summed E-state index contributed by atoms with van der Waals surface area (Å²) < 4.78 is 0. The lowest BCUT2D eigenvalue weighted by Crippen LogP contribution is -2.99.